The van der Waals surface area contributed by atoms with Crippen LogP contribution in [0.15, 0.2) is 48.8 Å². The van der Waals surface area contributed by atoms with Crippen LogP contribution in [-0.2, 0) is 19.7 Å². The third-order valence-electron chi connectivity index (χ3n) is 6.58. The van der Waals surface area contributed by atoms with Crippen LogP contribution in [0, 0.1) is 5.41 Å². The predicted octanol–water partition coefficient (Wildman–Crippen LogP) is 2.67. The van der Waals surface area contributed by atoms with Crippen LogP contribution in [0.3, 0.4) is 0 Å². The number of anilines is 1. The molecule has 2 unspecified atom stereocenters. The van der Waals surface area contributed by atoms with Gasteiger partial charge in [-0.25, -0.2) is 0 Å². The summed E-state index contributed by atoms with van der Waals surface area (Å²) >= 11 is 0. The molecule has 0 radical (unpaired) electrons. The molecule has 1 aromatic heterocycles. The zero-order valence-corrected chi connectivity index (χ0v) is 15.9. The molecular weight excluding hydrogens is 354 g/mol. The van der Waals surface area contributed by atoms with Crippen LogP contribution in [0.5, 0.6) is 0 Å². The van der Waals surface area contributed by atoms with Gasteiger partial charge in [0.05, 0.1) is 18.1 Å². The van der Waals surface area contributed by atoms with Gasteiger partial charge in [0, 0.05) is 31.7 Å². The molecular formula is C22H23N3O3. The van der Waals surface area contributed by atoms with Gasteiger partial charge < -0.3 is 15.0 Å². The minimum absolute atomic E-state index is 0.0329. The highest BCUT2D eigenvalue weighted by Crippen LogP contribution is 2.57. The van der Waals surface area contributed by atoms with E-state index in [1.165, 1.54) is 0 Å². The topological polar surface area (TPSA) is 71.5 Å². The summed E-state index contributed by atoms with van der Waals surface area (Å²) in [5, 5.41) is 3.05. The maximum absolute atomic E-state index is 13.6. The third-order valence-corrected chi connectivity index (χ3v) is 6.58. The summed E-state index contributed by atoms with van der Waals surface area (Å²) in [7, 11) is 1.64. The summed E-state index contributed by atoms with van der Waals surface area (Å²) in [6.07, 6.45) is 5.77. The number of fused-ring (bicyclic) bond motifs is 2. The molecule has 0 bridgehead atoms. The van der Waals surface area contributed by atoms with Crippen molar-refractivity contribution in [3.63, 3.8) is 0 Å². The van der Waals surface area contributed by atoms with E-state index in [-0.39, 0.29) is 17.9 Å². The maximum Gasteiger partial charge on any atom is 0.237 e. The fourth-order valence-electron chi connectivity index (χ4n) is 5.06. The molecule has 6 heteroatoms. The van der Waals surface area contributed by atoms with Crippen LogP contribution in [-0.4, -0.2) is 42.0 Å². The highest BCUT2D eigenvalue weighted by molar-refractivity contribution is 6.08. The van der Waals surface area contributed by atoms with E-state index in [2.05, 4.69) is 10.3 Å². The number of amides is 2. The molecule has 2 aliphatic heterocycles. The van der Waals surface area contributed by atoms with Crippen LogP contribution in [0.4, 0.5) is 5.69 Å². The van der Waals surface area contributed by atoms with Gasteiger partial charge in [-0.2, -0.15) is 0 Å². The van der Waals surface area contributed by atoms with Crippen molar-refractivity contribution in [2.24, 2.45) is 5.41 Å². The fourth-order valence-corrected chi connectivity index (χ4v) is 5.06. The lowest BCUT2D eigenvalue weighted by Gasteiger charge is -2.35. The second kappa shape index (κ2) is 6.14. The van der Waals surface area contributed by atoms with Crippen LogP contribution in [0.1, 0.15) is 36.4 Å². The van der Waals surface area contributed by atoms with Crippen molar-refractivity contribution in [2.45, 2.75) is 30.7 Å². The molecule has 1 N–H and O–H groups in total. The summed E-state index contributed by atoms with van der Waals surface area (Å²) in [5.41, 5.74) is 1.50. The number of para-hydroxylation sites is 1. The predicted molar refractivity (Wildman–Crippen MR) is 104 cm³/mol. The summed E-state index contributed by atoms with van der Waals surface area (Å²) < 4.78 is 5.35. The quantitative estimate of drug-likeness (QED) is 0.889. The molecule has 1 saturated heterocycles. The zero-order valence-electron chi connectivity index (χ0n) is 15.9. The number of hydrogen-bond acceptors (Lipinski definition) is 4. The van der Waals surface area contributed by atoms with Crippen molar-refractivity contribution < 1.29 is 14.3 Å². The second-order valence-electron chi connectivity index (χ2n) is 8.12. The number of carbonyl (C=O) groups excluding carboxylic acids is 2. The first kappa shape index (κ1) is 17.4. The van der Waals surface area contributed by atoms with E-state index < -0.39 is 10.8 Å². The van der Waals surface area contributed by atoms with Crippen molar-refractivity contribution >= 4 is 17.5 Å². The Morgan fingerprint density at radius 2 is 2.07 bits per heavy atom. The number of methoxy groups -OCH3 is 1. The van der Waals surface area contributed by atoms with Crippen LogP contribution in [0.2, 0.25) is 0 Å². The molecule has 2 aromatic rings. The lowest BCUT2D eigenvalue weighted by Crippen LogP contribution is -2.45. The first-order chi connectivity index (χ1) is 13.6. The molecule has 28 heavy (non-hydrogen) atoms. The molecule has 6 nitrogen and oxygen atoms in total. The minimum Gasteiger partial charge on any atom is -0.384 e. The lowest BCUT2D eigenvalue weighted by atomic mass is 9.73. The van der Waals surface area contributed by atoms with Gasteiger partial charge in [0.1, 0.15) is 5.41 Å². The lowest BCUT2D eigenvalue weighted by molar-refractivity contribution is -0.141. The van der Waals surface area contributed by atoms with Gasteiger partial charge in [0.25, 0.3) is 0 Å². The number of rotatable bonds is 4. The minimum atomic E-state index is -0.779. The average molecular weight is 377 g/mol. The normalized spacial score (nSPS) is 27.0. The van der Waals surface area contributed by atoms with Crippen LogP contribution < -0.4 is 5.32 Å². The molecule has 144 valence electrons. The highest BCUT2D eigenvalue weighted by atomic mass is 16.5. The van der Waals surface area contributed by atoms with Gasteiger partial charge in [-0.3, -0.25) is 14.6 Å². The molecule has 1 spiro atoms. The second-order valence-corrected chi connectivity index (χ2v) is 8.12. The number of nitrogens with zero attached hydrogens (tertiary/aromatic N) is 2. The van der Waals surface area contributed by atoms with E-state index in [1.54, 1.807) is 19.5 Å². The number of ether oxygens (including phenoxy) is 1. The van der Waals surface area contributed by atoms with E-state index in [4.69, 9.17) is 4.74 Å². The van der Waals surface area contributed by atoms with Crippen molar-refractivity contribution in [3.8, 4) is 0 Å². The molecule has 2 fully saturated rings. The molecule has 2 amide bonds. The zero-order chi connectivity index (χ0) is 19.4. The molecule has 2 atom stereocenters. The molecule has 1 aromatic carbocycles. The number of benzene rings is 1. The van der Waals surface area contributed by atoms with Crippen molar-refractivity contribution in [1.29, 1.82) is 0 Å². The average Bonchev–Trinajstić information content (AvgIpc) is 3.31. The van der Waals surface area contributed by atoms with Crippen LogP contribution >= 0.6 is 0 Å². The van der Waals surface area contributed by atoms with E-state index in [9.17, 15) is 9.59 Å². The maximum atomic E-state index is 13.6. The molecule has 3 heterocycles. The standard InChI is InChI=1S/C22H23N3O3/c1-28-14-21(8-9-21)20(27)25-12-10-22(18(25)15-5-4-11-23-13-15)16-6-2-3-7-17(16)24-19(22)26/h2-7,11,13,18H,8-10,12,14H2,1H3,(H,24,26). The van der Waals surface area contributed by atoms with E-state index in [0.717, 1.165) is 29.7 Å². The Bertz CT molecular complexity index is 941. The summed E-state index contributed by atoms with van der Waals surface area (Å²) in [5.74, 6) is 0.0618. The van der Waals surface area contributed by atoms with Crippen molar-refractivity contribution in [1.82, 2.24) is 9.88 Å². The van der Waals surface area contributed by atoms with Gasteiger partial charge in [0.15, 0.2) is 0 Å². The van der Waals surface area contributed by atoms with Gasteiger partial charge >= 0.3 is 0 Å². The first-order valence-corrected chi connectivity index (χ1v) is 9.73. The number of pyridine rings is 1. The summed E-state index contributed by atoms with van der Waals surface area (Å²) in [6, 6.07) is 11.3. The Morgan fingerprint density at radius 1 is 1.25 bits per heavy atom. The van der Waals surface area contributed by atoms with Gasteiger partial charge in [-0.15, -0.1) is 0 Å². The first-order valence-electron chi connectivity index (χ1n) is 9.73. The molecule has 5 rings (SSSR count). The number of nitrogens with one attached hydrogen (secondary N) is 1. The van der Waals surface area contributed by atoms with E-state index in [1.807, 2.05) is 41.3 Å². The summed E-state index contributed by atoms with van der Waals surface area (Å²) in [4.78, 5) is 33.0. The molecule has 3 aliphatic rings. The monoisotopic (exact) mass is 377 g/mol. The van der Waals surface area contributed by atoms with E-state index in [0.29, 0.717) is 19.6 Å². The molecule has 1 aliphatic carbocycles. The van der Waals surface area contributed by atoms with E-state index >= 15 is 0 Å². The summed E-state index contributed by atoms with van der Waals surface area (Å²) in [6.45, 7) is 0.976. The molecule has 1 saturated carbocycles. The fraction of sp³-hybridized carbons (Fsp3) is 0.409. The Kier molecular flexibility index (Phi) is 3.81. The smallest absolute Gasteiger partial charge is 0.237 e. The van der Waals surface area contributed by atoms with Crippen molar-refractivity contribution in [2.75, 3.05) is 25.6 Å². The number of aromatic nitrogens is 1. The van der Waals surface area contributed by atoms with Gasteiger partial charge in [-0.05, 0) is 42.5 Å². The Labute approximate surface area is 163 Å². The Balaban J connectivity index is 1.64. The third kappa shape index (κ3) is 2.27. The van der Waals surface area contributed by atoms with Crippen molar-refractivity contribution in [3.05, 3.63) is 59.9 Å². The number of carbonyl (C=O) groups is 2. The van der Waals surface area contributed by atoms with Gasteiger partial charge in [0.2, 0.25) is 11.8 Å². The van der Waals surface area contributed by atoms with Crippen LogP contribution in [0.25, 0.3) is 0 Å². The largest absolute Gasteiger partial charge is 0.384 e. The highest BCUT2D eigenvalue weighted by Gasteiger charge is 2.62. The number of likely N-dealkylation sites (tertiary alicyclic amines) is 1. The van der Waals surface area contributed by atoms with Gasteiger partial charge in [-0.1, -0.05) is 24.3 Å². The SMILES string of the molecule is COCC1(C(=O)N2CCC3(C(=O)Nc4ccccc43)C2c2cccnc2)CC1. The number of hydrogen-bond donors (Lipinski definition) is 1. The Morgan fingerprint density at radius 3 is 2.79 bits per heavy atom. The Hall–Kier alpha value is -2.73.